The number of ether oxygens (including phenoxy) is 2. The van der Waals surface area contributed by atoms with Gasteiger partial charge in [0.2, 0.25) is 5.60 Å². The minimum atomic E-state index is -1.03. The van der Waals surface area contributed by atoms with E-state index in [1.54, 1.807) is 32.2 Å². The molecule has 5 heteroatoms. The van der Waals surface area contributed by atoms with Crippen LogP contribution in [0.5, 0.6) is 11.5 Å². The van der Waals surface area contributed by atoms with Crippen LogP contribution in [-0.2, 0) is 11.4 Å². The fourth-order valence-corrected chi connectivity index (χ4v) is 1.79. The third-order valence-corrected chi connectivity index (χ3v) is 2.77. The SMILES string of the molecule is CNC(=O)C1(C)COc2c(CO)cccc2O1. The maximum absolute atomic E-state index is 11.7. The number of aliphatic hydroxyl groups excluding tert-OH is 1. The monoisotopic (exact) mass is 237 g/mol. The molecule has 1 aliphatic rings. The number of para-hydroxylation sites is 1. The Hall–Kier alpha value is -1.75. The number of amides is 1. The standard InChI is InChI=1S/C12H15NO4/c1-12(11(15)13-2)7-16-10-8(6-14)4-3-5-9(10)17-12/h3-5,14H,6-7H2,1-2H3,(H,13,15). The molecule has 5 nitrogen and oxygen atoms in total. The van der Waals surface area contributed by atoms with Crippen LogP contribution in [0, 0.1) is 0 Å². The number of likely N-dealkylation sites (N-methyl/N-ethyl adjacent to an activating group) is 1. The fourth-order valence-electron chi connectivity index (χ4n) is 1.79. The van der Waals surface area contributed by atoms with Gasteiger partial charge in [0.1, 0.15) is 6.61 Å². The van der Waals surface area contributed by atoms with Crippen molar-refractivity contribution >= 4 is 5.91 Å². The first-order valence-electron chi connectivity index (χ1n) is 5.37. The van der Waals surface area contributed by atoms with Crippen molar-refractivity contribution in [1.29, 1.82) is 0 Å². The van der Waals surface area contributed by atoms with Gasteiger partial charge in [-0.2, -0.15) is 0 Å². The summed E-state index contributed by atoms with van der Waals surface area (Å²) in [6, 6.07) is 5.23. The summed E-state index contributed by atoms with van der Waals surface area (Å²) in [5, 5.41) is 11.7. The molecule has 1 aliphatic heterocycles. The zero-order valence-electron chi connectivity index (χ0n) is 9.82. The number of aliphatic hydroxyl groups is 1. The Morgan fingerprint density at radius 3 is 3.00 bits per heavy atom. The lowest BCUT2D eigenvalue weighted by molar-refractivity contribution is -0.139. The van der Waals surface area contributed by atoms with Gasteiger partial charge < -0.3 is 19.9 Å². The average Bonchev–Trinajstić information content (AvgIpc) is 2.36. The van der Waals surface area contributed by atoms with Crippen molar-refractivity contribution in [2.24, 2.45) is 0 Å². The third-order valence-electron chi connectivity index (χ3n) is 2.77. The van der Waals surface area contributed by atoms with E-state index in [2.05, 4.69) is 5.32 Å². The molecule has 2 N–H and O–H groups in total. The van der Waals surface area contributed by atoms with E-state index >= 15 is 0 Å². The van der Waals surface area contributed by atoms with Gasteiger partial charge in [0.05, 0.1) is 6.61 Å². The van der Waals surface area contributed by atoms with Crippen LogP contribution in [0.15, 0.2) is 18.2 Å². The summed E-state index contributed by atoms with van der Waals surface area (Å²) >= 11 is 0. The summed E-state index contributed by atoms with van der Waals surface area (Å²) in [4.78, 5) is 11.7. The van der Waals surface area contributed by atoms with Crippen molar-refractivity contribution in [2.75, 3.05) is 13.7 Å². The molecule has 0 fully saturated rings. The summed E-state index contributed by atoms with van der Waals surface area (Å²) in [6.07, 6.45) is 0. The average molecular weight is 237 g/mol. The van der Waals surface area contributed by atoms with Gasteiger partial charge in [-0.3, -0.25) is 4.79 Å². The van der Waals surface area contributed by atoms with E-state index in [0.717, 1.165) is 0 Å². The lowest BCUT2D eigenvalue weighted by atomic mass is 10.0. The van der Waals surface area contributed by atoms with Crippen molar-refractivity contribution in [2.45, 2.75) is 19.1 Å². The molecule has 1 atom stereocenters. The number of carbonyl (C=O) groups is 1. The number of hydrogen-bond acceptors (Lipinski definition) is 4. The number of carbonyl (C=O) groups excluding carboxylic acids is 1. The van der Waals surface area contributed by atoms with Crippen LogP contribution < -0.4 is 14.8 Å². The van der Waals surface area contributed by atoms with Crippen molar-refractivity contribution in [3.05, 3.63) is 23.8 Å². The molecule has 92 valence electrons. The maximum Gasteiger partial charge on any atom is 0.267 e. The van der Waals surface area contributed by atoms with Gasteiger partial charge in [0.25, 0.3) is 5.91 Å². The number of rotatable bonds is 2. The Labute approximate surface area is 99.3 Å². The molecule has 1 aromatic carbocycles. The molecule has 0 bridgehead atoms. The Balaban J connectivity index is 2.34. The zero-order chi connectivity index (χ0) is 12.5. The Kier molecular flexibility index (Phi) is 2.93. The highest BCUT2D eigenvalue weighted by Crippen LogP contribution is 2.38. The van der Waals surface area contributed by atoms with Crippen molar-refractivity contribution in [3.8, 4) is 11.5 Å². The smallest absolute Gasteiger partial charge is 0.267 e. The third kappa shape index (κ3) is 1.93. The van der Waals surface area contributed by atoms with E-state index < -0.39 is 5.60 Å². The van der Waals surface area contributed by atoms with Crippen molar-refractivity contribution in [1.82, 2.24) is 5.32 Å². The van der Waals surface area contributed by atoms with Crippen LogP contribution in [0.3, 0.4) is 0 Å². The summed E-state index contributed by atoms with van der Waals surface area (Å²) in [6.45, 7) is 1.67. The lowest BCUT2D eigenvalue weighted by Gasteiger charge is -2.34. The van der Waals surface area contributed by atoms with Crippen LogP contribution >= 0.6 is 0 Å². The van der Waals surface area contributed by atoms with Crippen LogP contribution in [-0.4, -0.2) is 30.3 Å². The number of hydrogen-bond donors (Lipinski definition) is 2. The minimum absolute atomic E-state index is 0.122. The highest BCUT2D eigenvalue weighted by atomic mass is 16.6. The summed E-state index contributed by atoms with van der Waals surface area (Å²) in [5.41, 5.74) is -0.378. The van der Waals surface area contributed by atoms with Gasteiger partial charge in [-0.25, -0.2) is 0 Å². The molecule has 1 amide bonds. The molecule has 17 heavy (non-hydrogen) atoms. The predicted molar refractivity (Wildman–Crippen MR) is 61.0 cm³/mol. The van der Waals surface area contributed by atoms with Gasteiger partial charge in [-0.1, -0.05) is 12.1 Å². The van der Waals surface area contributed by atoms with E-state index in [0.29, 0.717) is 17.1 Å². The fraction of sp³-hybridized carbons (Fsp3) is 0.417. The van der Waals surface area contributed by atoms with Crippen molar-refractivity contribution < 1.29 is 19.4 Å². The van der Waals surface area contributed by atoms with Gasteiger partial charge >= 0.3 is 0 Å². The molecule has 0 aromatic heterocycles. The molecular formula is C12H15NO4. The first kappa shape index (κ1) is 11.7. The number of benzene rings is 1. The Bertz CT molecular complexity index is 446. The molecule has 0 spiro atoms. The molecule has 0 saturated carbocycles. The molecule has 1 unspecified atom stereocenters. The summed E-state index contributed by atoms with van der Waals surface area (Å²) in [7, 11) is 1.55. The molecular weight excluding hydrogens is 222 g/mol. The zero-order valence-corrected chi connectivity index (χ0v) is 9.82. The Morgan fingerprint density at radius 1 is 1.59 bits per heavy atom. The minimum Gasteiger partial charge on any atom is -0.485 e. The van der Waals surface area contributed by atoms with E-state index in [-0.39, 0.29) is 19.1 Å². The second-order valence-corrected chi connectivity index (χ2v) is 4.10. The second kappa shape index (κ2) is 4.25. The quantitative estimate of drug-likeness (QED) is 0.784. The first-order valence-corrected chi connectivity index (χ1v) is 5.37. The van der Waals surface area contributed by atoms with Gasteiger partial charge in [-0.15, -0.1) is 0 Å². The van der Waals surface area contributed by atoms with Gasteiger partial charge in [0.15, 0.2) is 11.5 Å². The number of fused-ring (bicyclic) bond motifs is 1. The highest BCUT2D eigenvalue weighted by molar-refractivity contribution is 5.85. The van der Waals surface area contributed by atoms with E-state index in [4.69, 9.17) is 14.6 Å². The van der Waals surface area contributed by atoms with E-state index in [1.807, 2.05) is 0 Å². The second-order valence-electron chi connectivity index (χ2n) is 4.10. The predicted octanol–water partition coefficient (Wildman–Crippen LogP) is 0.455. The summed E-state index contributed by atoms with van der Waals surface area (Å²) < 4.78 is 11.2. The lowest BCUT2D eigenvalue weighted by Crippen LogP contribution is -2.53. The molecule has 1 aromatic rings. The number of nitrogens with one attached hydrogen (secondary N) is 1. The molecule has 0 radical (unpaired) electrons. The highest BCUT2D eigenvalue weighted by Gasteiger charge is 2.40. The summed E-state index contributed by atoms with van der Waals surface area (Å²) in [5.74, 6) is 0.753. The maximum atomic E-state index is 11.7. The molecule has 0 saturated heterocycles. The van der Waals surface area contributed by atoms with E-state index in [1.165, 1.54) is 0 Å². The van der Waals surface area contributed by atoms with E-state index in [9.17, 15) is 4.79 Å². The largest absolute Gasteiger partial charge is 0.485 e. The van der Waals surface area contributed by atoms with Crippen LogP contribution in [0.4, 0.5) is 0 Å². The van der Waals surface area contributed by atoms with Crippen LogP contribution in [0.25, 0.3) is 0 Å². The topological polar surface area (TPSA) is 67.8 Å². The molecule has 2 rings (SSSR count). The molecule has 1 heterocycles. The molecule has 0 aliphatic carbocycles. The van der Waals surface area contributed by atoms with Crippen LogP contribution in [0.2, 0.25) is 0 Å². The Morgan fingerprint density at radius 2 is 2.35 bits per heavy atom. The van der Waals surface area contributed by atoms with Gasteiger partial charge in [0, 0.05) is 12.6 Å². The van der Waals surface area contributed by atoms with Crippen molar-refractivity contribution in [3.63, 3.8) is 0 Å². The van der Waals surface area contributed by atoms with Gasteiger partial charge in [-0.05, 0) is 13.0 Å². The normalized spacial score (nSPS) is 22.1. The van der Waals surface area contributed by atoms with Crippen LogP contribution in [0.1, 0.15) is 12.5 Å². The first-order chi connectivity index (χ1) is 8.10.